The van der Waals surface area contributed by atoms with Crippen molar-refractivity contribution in [3.63, 3.8) is 0 Å². The van der Waals surface area contributed by atoms with Crippen LogP contribution >= 0.6 is 11.6 Å². The number of benzene rings is 2. The van der Waals surface area contributed by atoms with E-state index in [1.807, 2.05) is 44.2 Å². The largest absolute Gasteiger partial charge is 0.455 e. The molecule has 140 valence electrons. The first-order valence-corrected chi connectivity index (χ1v) is 9.04. The molecule has 0 saturated carbocycles. The number of hydrogen-bond acceptors (Lipinski definition) is 5. The van der Waals surface area contributed by atoms with E-state index in [0.717, 1.165) is 0 Å². The minimum absolute atomic E-state index is 0.181. The van der Waals surface area contributed by atoms with E-state index in [-0.39, 0.29) is 18.2 Å². The number of nitrogens with one attached hydrogen (secondary N) is 1. The second kappa shape index (κ2) is 8.68. The molecule has 0 aliphatic rings. The molecule has 0 atom stereocenters. The fourth-order valence-corrected chi connectivity index (χ4v) is 2.51. The number of rotatable bonds is 7. The molecule has 3 aromatic rings. The fraction of sp³-hybridized carbons (Fsp3) is 0.250. The zero-order chi connectivity index (χ0) is 19.2. The topological polar surface area (TPSA) is 77.2 Å². The Kier molecular flexibility index (Phi) is 6.08. The molecule has 0 radical (unpaired) electrons. The normalized spacial score (nSPS) is 10.8. The summed E-state index contributed by atoms with van der Waals surface area (Å²) in [6.45, 7) is 3.96. The van der Waals surface area contributed by atoms with Gasteiger partial charge in [0.05, 0.1) is 5.69 Å². The third-order valence-electron chi connectivity index (χ3n) is 3.75. The summed E-state index contributed by atoms with van der Waals surface area (Å²) in [4.78, 5) is 16.6. The van der Waals surface area contributed by atoms with Crippen LogP contribution in [0.25, 0.3) is 0 Å². The highest BCUT2D eigenvalue weighted by atomic mass is 35.5. The Labute approximate surface area is 162 Å². The van der Waals surface area contributed by atoms with Crippen LogP contribution in [0.3, 0.4) is 0 Å². The number of amides is 1. The lowest BCUT2D eigenvalue weighted by Crippen LogP contribution is -2.13. The van der Waals surface area contributed by atoms with Crippen molar-refractivity contribution in [2.24, 2.45) is 0 Å². The van der Waals surface area contributed by atoms with Crippen LogP contribution < -0.4 is 10.1 Å². The van der Waals surface area contributed by atoms with E-state index in [2.05, 4.69) is 15.5 Å². The van der Waals surface area contributed by atoms with Crippen molar-refractivity contribution < 1.29 is 14.1 Å². The molecule has 0 bridgehead atoms. The second-order valence-electron chi connectivity index (χ2n) is 6.30. The predicted octanol–water partition coefficient (Wildman–Crippen LogP) is 5.21. The molecule has 3 rings (SSSR count). The summed E-state index contributed by atoms with van der Waals surface area (Å²) in [6, 6.07) is 14.4. The van der Waals surface area contributed by atoms with Gasteiger partial charge >= 0.3 is 0 Å². The molecule has 1 aromatic heterocycles. The Balaban J connectivity index is 1.65. The van der Waals surface area contributed by atoms with Gasteiger partial charge in [0.15, 0.2) is 11.6 Å². The number of nitrogens with zero attached hydrogens (tertiary/aromatic N) is 2. The Hall–Kier alpha value is -2.86. The fourth-order valence-electron chi connectivity index (χ4n) is 2.34. The zero-order valence-electron chi connectivity index (χ0n) is 15.1. The highest BCUT2D eigenvalue weighted by Gasteiger charge is 2.13. The molecule has 1 heterocycles. The molecular formula is C20H20ClN3O3. The van der Waals surface area contributed by atoms with Gasteiger partial charge in [-0.2, -0.15) is 4.98 Å². The van der Waals surface area contributed by atoms with E-state index >= 15 is 0 Å². The van der Waals surface area contributed by atoms with Crippen LogP contribution in [0.15, 0.2) is 53.1 Å². The molecule has 0 aliphatic heterocycles. The lowest BCUT2D eigenvalue weighted by atomic mass is 10.2. The number of ether oxygens (including phenoxy) is 1. The van der Waals surface area contributed by atoms with Crippen molar-refractivity contribution in [3.05, 3.63) is 65.3 Å². The van der Waals surface area contributed by atoms with Crippen LogP contribution in [0.2, 0.25) is 5.02 Å². The number of carbonyl (C=O) groups is 1. The Bertz CT molecular complexity index is 910. The van der Waals surface area contributed by atoms with Crippen LogP contribution in [-0.2, 0) is 11.2 Å². The number of aromatic nitrogens is 2. The average molecular weight is 386 g/mol. The Morgan fingerprint density at radius 3 is 2.70 bits per heavy atom. The molecule has 0 aliphatic carbocycles. The standard InChI is InChI=1S/C20H20ClN3O3/c1-13(2)20-23-19(27-24-20)11-10-18(25)22-16-12-14(21)8-9-17(16)26-15-6-4-3-5-7-15/h3-9,12-13H,10-11H2,1-2H3,(H,22,25). The summed E-state index contributed by atoms with van der Waals surface area (Å²) in [5.74, 6) is 2.25. The molecule has 1 N–H and O–H groups in total. The summed E-state index contributed by atoms with van der Waals surface area (Å²) < 4.78 is 11.0. The number of carbonyl (C=O) groups excluding carboxylic acids is 1. The quantitative estimate of drug-likeness (QED) is 0.604. The maximum Gasteiger partial charge on any atom is 0.227 e. The van der Waals surface area contributed by atoms with Crippen molar-refractivity contribution >= 4 is 23.2 Å². The monoisotopic (exact) mass is 385 g/mol. The van der Waals surface area contributed by atoms with Gasteiger partial charge in [-0.15, -0.1) is 0 Å². The lowest BCUT2D eigenvalue weighted by molar-refractivity contribution is -0.116. The van der Waals surface area contributed by atoms with Gasteiger partial charge in [0.25, 0.3) is 0 Å². The minimum Gasteiger partial charge on any atom is -0.455 e. The number of aryl methyl sites for hydroxylation is 1. The van der Waals surface area contributed by atoms with Crippen molar-refractivity contribution in [1.82, 2.24) is 10.1 Å². The first-order chi connectivity index (χ1) is 13.0. The Morgan fingerprint density at radius 2 is 2.00 bits per heavy atom. The number of halogens is 1. The molecule has 0 unspecified atom stereocenters. The van der Waals surface area contributed by atoms with Crippen molar-refractivity contribution in [2.75, 3.05) is 5.32 Å². The van der Waals surface area contributed by atoms with Crippen LogP contribution in [0.5, 0.6) is 11.5 Å². The lowest BCUT2D eigenvalue weighted by Gasteiger charge is -2.12. The molecule has 6 nitrogen and oxygen atoms in total. The Morgan fingerprint density at radius 1 is 1.22 bits per heavy atom. The van der Waals surface area contributed by atoms with Gasteiger partial charge < -0.3 is 14.6 Å². The summed E-state index contributed by atoms with van der Waals surface area (Å²) in [6.07, 6.45) is 0.567. The van der Waals surface area contributed by atoms with Gasteiger partial charge in [-0.25, -0.2) is 0 Å². The zero-order valence-corrected chi connectivity index (χ0v) is 15.9. The van der Waals surface area contributed by atoms with E-state index in [1.54, 1.807) is 18.2 Å². The van der Waals surface area contributed by atoms with Crippen LogP contribution in [0.1, 0.15) is 37.9 Å². The SMILES string of the molecule is CC(C)c1noc(CCC(=O)Nc2cc(Cl)ccc2Oc2ccccc2)n1. The molecule has 2 aromatic carbocycles. The third kappa shape index (κ3) is 5.31. The predicted molar refractivity (Wildman–Crippen MR) is 103 cm³/mol. The van der Waals surface area contributed by atoms with E-state index in [0.29, 0.717) is 40.3 Å². The average Bonchev–Trinajstić information content (AvgIpc) is 3.13. The smallest absolute Gasteiger partial charge is 0.227 e. The van der Waals surface area contributed by atoms with Crippen LogP contribution in [-0.4, -0.2) is 16.0 Å². The van der Waals surface area contributed by atoms with Gasteiger partial charge in [-0.3, -0.25) is 4.79 Å². The molecule has 7 heteroatoms. The third-order valence-corrected chi connectivity index (χ3v) is 3.99. The summed E-state index contributed by atoms with van der Waals surface area (Å²) in [5.41, 5.74) is 0.504. The second-order valence-corrected chi connectivity index (χ2v) is 6.74. The van der Waals surface area contributed by atoms with E-state index < -0.39 is 0 Å². The number of anilines is 1. The van der Waals surface area contributed by atoms with Crippen LogP contribution in [0, 0.1) is 0 Å². The molecule has 27 heavy (non-hydrogen) atoms. The number of hydrogen-bond donors (Lipinski definition) is 1. The van der Waals surface area contributed by atoms with E-state index in [4.69, 9.17) is 20.9 Å². The maximum absolute atomic E-state index is 12.3. The highest BCUT2D eigenvalue weighted by molar-refractivity contribution is 6.31. The van der Waals surface area contributed by atoms with E-state index in [9.17, 15) is 4.79 Å². The minimum atomic E-state index is -0.195. The molecule has 1 amide bonds. The molecule has 0 saturated heterocycles. The summed E-state index contributed by atoms with van der Waals surface area (Å²) >= 11 is 6.07. The van der Waals surface area contributed by atoms with Crippen molar-refractivity contribution in [1.29, 1.82) is 0 Å². The summed E-state index contributed by atoms with van der Waals surface area (Å²) in [5, 5.41) is 7.23. The number of para-hydroxylation sites is 1. The van der Waals surface area contributed by atoms with Crippen molar-refractivity contribution in [2.45, 2.75) is 32.6 Å². The first kappa shape index (κ1) is 18.9. The molecule has 0 spiro atoms. The van der Waals surface area contributed by atoms with Crippen LogP contribution in [0.4, 0.5) is 5.69 Å². The van der Waals surface area contributed by atoms with Gasteiger partial charge in [-0.05, 0) is 30.3 Å². The van der Waals surface area contributed by atoms with Gasteiger partial charge in [0.1, 0.15) is 5.75 Å². The van der Waals surface area contributed by atoms with E-state index in [1.165, 1.54) is 0 Å². The molecular weight excluding hydrogens is 366 g/mol. The van der Waals surface area contributed by atoms with Gasteiger partial charge in [0.2, 0.25) is 11.8 Å². The maximum atomic E-state index is 12.3. The summed E-state index contributed by atoms with van der Waals surface area (Å²) in [7, 11) is 0. The first-order valence-electron chi connectivity index (χ1n) is 8.66. The van der Waals surface area contributed by atoms with Gasteiger partial charge in [0, 0.05) is 23.8 Å². The highest BCUT2D eigenvalue weighted by Crippen LogP contribution is 2.32. The van der Waals surface area contributed by atoms with Crippen molar-refractivity contribution in [3.8, 4) is 11.5 Å². The van der Waals surface area contributed by atoms with Gasteiger partial charge in [-0.1, -0.05) is 48.8 Å². The molecule has 0 fully saturated rings.